The monoisotopic (exact) mass is 576 g/mol. The third-order valence-electron chi connectivity index (χ3n) is 6.49. The maximum absolute atomic E-state index is 13.5. The molecular weight excluding hydrogens is 555 g/mol. The average Bonchev–Trinajstić information content (AvgIpc) is 3.21. The number of fused-ring (bicyclic) bond motifs is 3. The Bertz CT molecular complexity index is 1600. The summed E-state index contributed by atoms with van der Waals surface area (Å²) in [6.45, 7) is 1.53. The highest BCUT2D eigenvalue weighted by Crippen LogP contribution is 2.35. The summed E-state index contributed by atoms with van der Waals surface area (Å²) in [7, 11) is 0. The van der Waals surface area contributed by atoms with Crippen LogP contribution in [0.1, 0.15) is 22.4 Å². The number of hydrogen-bond acceptors (Lipinski definition) is 4. The Balaban J connectivity index is 1.42. The van der Waals surface area contributed by atoms with Crippen molar-refractivity contribution in [3.63, 3.8) is 0 Å². The van der Waals surface area contributed by atoms with E-state index < -0.39 is 24.0 Å². The molecule has 0 saturated heterocycles. The Morgan fingerprint density at radius 2 is 1.93 bits per heavy atom. The van der Waals surface area contributed by atoms with Gasteiger partial charge in [0.15, 0.2) is 11.6 Å². The molecule has 3 heterocycles. The van der Waals surface area contributed by atoms with E-state index in [2.05, 4.69) is 15.0 Å². The molecule has 0 atom stereocenters. The zero-order valence-corrected chi connectivity index (χ0v) is 21.6. The van der Waals surface area contributed by atoms with Gasteiger partial charge in [0.2, 0.25) is 0 Å². The zero-order chi connectivity index (χ0) is 28.4. The molecule has 4 aromatic rings. The van der Waals surface area contributed by atoms with E-state index in [0.29, 0.717) is 53.8 Å². The van der Waals surface area contributed by atoms with Crippen molar-refractivity contribution in [2.24, 2.45) is 0 Å². The molecule has 1 aliphatic heterocycles. The number of hydrogen-bond donors (Lipinski definition) is 1. The fourth-order valence-electron chi connectivity index (χ4n) is 4.74. The van der Waals surface area contributed by atoms with Crippen LogP contribution in [-0.2, 0) is 19.5 Å². The molecule has 0 fully saturated rings. The van der Waals surface area contributed by atoms with Crippen LogP contribution in [0.2, 0.25) is 5.15 Å². The summed E-state index contributed by atoms with van der Waals surface area (Å²) in [4.78, 5) is 19.3. The van der Waals surface area contributed by atoms with E-state index in [9.17, 15) is 26.7 Å². The van der Waals surface area contributed by atoms with Gasteiger partial charge in [-0.3, -0.25) is 9.47 Å². The molecule has 2 aromatic carbocycles. The molecule has 1 amide bonds. The van der Waals surface area contributed by atoms with Gasteiger partial charge in [-0.15, -0.1) is 13.2 Å². The van der Waals surface area contributed by atoms with Crippen LogP contribution >= 0.6 is 11.6 Å². The van der Waals surface area contributed by atoms with Gasteiger partial charge in [-0.2, -0.15) is 0 Å². The van der Waals surface area contributed by atoms with E-state index in [1.54, 1.807) is 24.3 Å². The summed E-state index contributed by atoms with van der Waals surface area (Å²) >= 11 is 5.93. The summed E-state index contributed by atoms with van der Waals surface area (Å²) in [5.74, 6) is -2.26. The SMILES string of the molecule is O=C(NCc1ccnc(Cl)c1)n1c2c(c3cc(OC(F)(F)F)ccc31)CN(CC=Cc1ccc(F)c(F)c1)CC2. The van der Waals surface area contributed by atoms with Gasteiger partial charge in [-0.25, -0.2) is 18.6 Å². The van der Waals surface area contributed by atoms with Crippen LogP contribution in [-0.4, -0.2) is 39.9 Å². The van der Waals surface area contributed by atoms with Crippen molar-refractivity contribution in [1.29, 1.82) is 0 Å². The van der Waals surface area contributed by atoms with E-state index in [1.165, 1.54) is 35.0 Å². The highest BCUT2D eigenvalue weighted by molar-refractivity contribution is 6.29. The van der Waals surface area contributed by atoms with Crippen LogP contribution in [0.5, 0.6) is 5.75 Å². The first-order valence-electron chi connectivity index (χ1n) is 12.2. The molecule has 1 N–H and O–H groups in total. The number of aromatic nitrogens is 2. The van der Waals surface area contributed by atoms with Crippen molar-refractivity contribution in [2.75, 3.05) is 13.1 Å². The quantitative estimate of drug-likeness (QED) is 0.205. The average molecular weight is 577 g/mol. The van der Waals surface area contributed by atoms with Gasteiger partial charge in [0.1, 0.15) is 10.9 Å². The van der Waals surface area contributed by atoms with Crippen LogP contribution in [0.3, 0.4) is 0 Å². The molecule has 0 bridgehead atoms. The summed E-state index contributed by atoms with van der Waals surface area (Å²) < 4.78 is 71.1. The number of alkyl halides is 3. The number of halogens is 6. The number of carbonyl (C=O) groups excluding carboxylic acids is 1. The number of carbonyl (C=O) groups is 1. The van der Waals surface area contributed by atoms with Crippen LogP contribution in [0.15, 0.2) is 60.8 Å². The smallest absolute Gasteiger partial charge is 0.406 e. The first-order valence-corrected chi connectivity index (χ1v) is 12.6. The van der Waals surface area contributed by atoms with Crippen LogP contribution in [0, 0.1) is 11.6 Å². The van der Waals surface area contributed by atoms with Crippen molar-refractivity contribution in [1.82, 2.24) is 19.8 Å². The molecule has 0 unspecified atom stereocenters. The maximum atomic E-state index is 13.5. The van der Waals surface area contributed by atoms with Crippen LogP contribution in [0.25, 0.3) is 17.0 Å². The highest BCUT2D eigenvalue weighted by atomic mass is 35.5. The lowest BCUT2D eigenvalue weighted by Gasteiger charge is -2.27. The molecule has 12 heteroatoms. The largest absolute Gasteiger partial charge is 0.573 e. The number of ether oxygens (including phenoxy) is 1. The second-order valence-corrected chi connectivity index (χ2v) is 9.58. The Morgan fingerprint density at radius 1 is 1.10 bits per heavy atom. The first-order chi connectivity index (χ1) is 19.1. The van der Waals surface area contributed by atoms with Gasteiger partial charge >= 0.3 is 12.4 Å². The lowest BCUT2D eigenvalue weighted by atomic mass is 10.0. The molecule has 0 radical (unpaired) electrons. The molecule has 6 nitrogen and oxygen atoms in total. The fraction of sp³-hybridized carbons (Fsp3) is 0.214. The minimum atomic E-state index is -4.86. The van der Waals surface area contributed by atoms with E-state index in [1.807, 2.05) is 4.90 Å². The molecule has 0 spiro atoms. The molecule has 0 aliphatic carbocycles. The lowest BCUT2D eigenvalue weighted by Crippen LogP contribution is -2.34. The van der Waals surface area contributed by atoms with Crippen molar-refractivity contribution < 1.29 is 31.5 Å². The number of nitrogens with one attached hydrogen (secondary N) is 1. The second-order valence-electron chi connectivity index (χ2n) is 9.19. The lowest BCUT2D eigenvalue weighted by molar-refractivity contribution is -0.274. The number of amides is 1. The van der Waals surface area contributed by atoms with Gasteiger partial charge in [-0.1, -0.05) is 29.8 Å². The van der Waals surface area contributed by atoms with Gasteiger partial charge in [0.05, 0.1) is 5.52 Å². The third kappa shape index (κ3) is 6.26. The summed E-state index contributed by atoms with van der Waals surface area (Å²) in [5.41, 5.74) is 3.07. The molecule has 5 rings (SSSR count). The predicted molar refractivity (Wildman–Crippen MR) is 140 cm³/mol. The van der Waals surface area contributed by atoms with E-state index in [0.717, 1.165) is 17.7 Å². The van der Waals surface area contributed by atoms with Gasteiger partial charge in [-0.05, 0) is 59.2 Å². The third-order valence-corrected chi connectivity index (χ3v) is 6.69. The standard InChI is InChI=1S/C28H22ClF5N4O2/c29-26-13-18(7-9-35-26)15-36-27(39)38-24-6-4-19(40-28(32,33)34)14-20(24)21-16-37(11-8-25(21)38)10-1-2-17-3-5-22(30)23(31)12-17/h1-7,9,12-14H,8,10-11,15-16H2,(H,36,39). The number of nitrogens with zero attached hydrogens (tertiary/aromatic N) is 3. The number of benzene rings is 2. The Kier molecular flexibility index (Phi) is 7.77. The minimum Gasteiger partial charge on any atom is -0.406 e. The molecule has 1 aliphatic rings. The molecule has 208 valence electrons. The van der Waals surface area contributed by atoms with Crippen molar-refractivity contribution in [2.45, 2.75) is 25.9 Å². The molecule has 0 saturated carbocycles. The summed E-state index contributed by atoms with van der Waals surface area (Å²) in [6.07, 6.45) is 0.564. The van der Waals surface area contributed by atoms with Crippen molar-refractivity contribution in [3.8, 4) is 5.75 Å². The fourth-order valence-corrected chi connectivity index (χ4v) is 4.94. The van der Waals surface area contributed by atoms with Gasteiger partial charge < -0.3 is 10.1 Å². The zero-order valence-electron chi connectivity index (χ0n) is 20.8. The van der Waals surface area contributed by atoms with Crippen molar-refractivity contribution in [3.05, 3.63) is 100.0 Å². The Hall–Kier alpha value is -3.96. The normalized spacial score (nSPS) is 14.1. The maximum Gasteiger partial charge on any atom is 0.573 e. The van der Waals surface area contributed by atoms with Crippen LogP contribution in [0.4, 0.5) is 26.7 Å². The first kappa shape index (κ1) is 27.6. The predicted octanol–water partition coefficient (Wildman–Crippen LogP) is 6.70. The van der Waals surface area contributed by atoms with Gasteiger partial charge in [0.25, 0.3) is 0 Å². The molecule has 40 heavy (non-hydrogen) atoms. The topological polar surface area (TPSA) is 59.4 Å². The van der Waals surface area contributed by atoms with E-state index in [-0.39, 0.29) is 17.4 Å². The molecular formula is C28H22ClF5N4O2. The van der Waals surface area contributed by atoms with Crippen LogP contribution < -0.4 is 10.1 Å². The van der Waals surface area contributed by atoms with E-state index >= 15 is 0 Å². The van der Waals surface area contributed by atoms with E-state index in [4.69, 9.17) is 11.6 Å². The van der Waals surface area contributed by atoms with Crippen molar-refractivity contribution >= 4 is 34.6 Å². The van der Waals surface area contributed by atoms with Gasteiger partial charge in [0, 0.05) is 49.9 Å². The summed E-state index contributed by atoms with van der Waals surface area (Å²) in [6, 6.07) is 10.4. The highest BCUT2D eigenvalue weighted by Gasteiger charge is 2.32. The Labute approximate surface area is 230 Å². The second kappa shape index (κ2) is 11.3. The number of rotatable bonds is 6. The number of pyridine rings is 1. The minimum absolute atomic E-state index is 0.172. The molecule has 2 aromatic heterocycles. The Morgan fingerprint density at radius 3 is 2.67 bits per heavy atom. The summed E-state index contributed by atoms with van der Waals surface area (Å²) in [5, 5.41) is 3.59.